The predicted molar refractivity (Wildman–Crippen MR) is 78.0 cm³/mol. The highest BCUT2D eigenvalue weighted by Gasteiger charge is 2.22. The molecule has 1 heterocycles. The number of para-hydroxylation sites is 1. The van der Waals surface area contributed by atoms with Crippen molar-refractivity contribution in [1.82, 2.24) is 9.97 Å². The van der Waals surface area contributed by atoms with E-state index in [2.05, 4.69) is 29.1 Å². The topological polar surface area (TPSA) is 84.1 Å². The van der Waals surface area contributed by atoms with Gasteiger partial charge in [0.1, 0.15) is 5.82 Å². The van der Waals surface area contributed by atoms with E-state index in [0.717, 1.165) is 23.1 Å². The molecule has 1 aromatic heterocycles. The molecule has 0 amide bonds. The Morgan fingerprint density at radius 1 is 1.32 bits per heavy atom. The first-order valence-corrected chi connectivity index (χ1v) is 6.49. The first kappa shape index (κ1) is 13.5. The lowest BCUT2D eigenvalue weighted by Crippen LogP contribution is -2.35. The van der Waals surface area contributed by atoms with E-state index in [1.165, 1.54) is 0 Å². The molecule has 2 rings (SSSR count). The van der Waals surface area contributed by atoms with E-state index in [1.807, 2.05) is 24.3 Å². The third kappa shape index (κ3) is 2.93. The number of hydrogen-bond acceptors (Lipinski definition) is 5. The number of hydrogen-bond donors (Lipinski definition) is 3. The Labute approximate surface area is 112 Å². The summed E-state index contributed by atoms with van der Waals surface area (Å²) in [6, 6.07) is 7.74. The summed E-state index contributed by atoms with van der Waals surface area (Å²) in [7, 11) is 0. The summed E-state index contributed by atoms with van der Waals surface area (Å²) >= 11 is 0. The van der Waals surface area contributed by atoms with Gasteiger partial charge in [-0.1, -0.05) is 19.1 Å². The maximum Gasteiger partial charge on any atom is 0.222 e. The van der Waals surface area contributed by atoms with Gasteiger partial charge in [-0.25, -0.2) is 4.98 Å². The molecule has 0 radical (unpaired) electrons. The molecular formula is C14H20N4O. The van der Waals surface area contributed by atoms with E-state index in [4.69, 9.17) is 5.73 Å². The van der Waals surface area contributed by atoms with Crippen molar-refractivity contribution in [2.75, 3.05) is 17.7 Å². The highest BCUT2D eigenvalue weighted by molar-refractivity contribution is 5.90. The van der Waals surface area contributed by atoms with Gasteiger partial charge >= 0.3 is 0 Å². The van der Waals surface area contributed by atoms with Gasteiger partial charge in [0.2, 0.25) is 5.95 Å². The number of aliphatic hydroxyl groups is 1. The first-order valence-electron chi connectivity index (χ1n) is 6.49. The van der Waals surface area contributed by atoms with Crippen molar-refractivity contribution in [2.24, 2.45) is 0 Å². The summed E-state index contributed by atoms with van der Waals surface area (Å²) in [5, 5.41) is 13.5. The number of anilines is 2. The van der Waals surface area contributed by atoms with Crippen LogP contribution < -0.4 is 11.1 Å². The molecule has 1 unspecified atom stereocenters. The molecule has 5 nitrogen and oxygen atoms in total. The zero-order valence-corrected chi connectivity index (χ0v) is 11.3. The van der Waals surface area contributed by atoms with Crippen molar-refractivity contribution in [3.8, 4) is 0 Å². The van der Waals surface area contributed by atoms with Crippen molar-refractivity contribution in [2.45, 2.75) is 32.2 Å². The van der Waals surface area contributed by atoms with Gasteiger partial charge in [0.25, 0.3) is 0 Å². The van der Waals surface area contributed by atoms with Crippen molar-refractivity contribution >= 4 is 22.7 Å². The van der Waals surface area contributed by atoms with Crippen LogP contribution in [0.2, 0.25) is 0 Å². The molecule has 0 saturated heterocycles. The van der Waals surface area contributed by atoms with Crippen LogP contribution in [0, 0.1) is 0 Å². The largest absolute Gasteiger partial charge is 0.396 e. The number of aromatic nitrogens is 2. The van der Waals surface area contributed by atoms with Crippen molar-refractivity contribution in [1.29, 1.82) is 0 Å². The van der Waals surface area contributed by atoms with Gasteiger partial charge in [-0.15, -0.1) is 0 Å². The molecule has 0 aliphatic carbocycles. The number of nitrogens with one attached hydrogen (secondary N) is 1. The number of aliphatic hydroxyl groups excluding tert-OH is 1. The second kappa shape index (κ2) is 5.40. The average Bonchev–Trinajstić information content (AvgIpc) is 2.39. The Morgan fingerprint density at radius 2 is 2.05 bits per heavy atom. The lowest BCUT2D eigenvalue weighted by Gasteiger charge is -2.30. The zero-order valence-electron chi connectivity index (χ0n) is 11.3. The summed E-state index contributed by atoms with van der Waals surface area (Å²) in [5.41, 5.74) is 6.36. The summed E-state index contributed by atoms with van der Waals surface area (Å²) in [6.45, 7) is 4.28. The van der Waals surface area contributed by atoms with Gasteiger partial charge in [-0.05, 0) is 31.9 Å². The number of nitrogens with two attached hydrogens (primary N) is 1. The second-order valence-corrected chi connectivity index (χ2v) is 4.96. The van der Waals surface area contributed by atoms with Gasteiger partial charge in [-0.3, -0.25) is 0 Å². The Morgan fingerprint density at radius 3 is 2.74 bits per heavy atom. The van der Waals surface area contributed by atoms with Crippen LogP contribution in [0.25, 0.3) is 10.9 Å². The smallest absolute Gasteiger partial charge is 0.222 e. The number of rotatable bonds is 5. The predicted octanol–water partition coefficient (Wildman–Crippen LogP) is 2.17. The highest BCUT2D eigenvalue weighted by atomic mass is 16.3. The van der Waals surface area contributed by atoms with Gasteiger partial charge in [0.15, 0.2) is 0 Å². The molecule has 2 aromatic rings. The van der Waals surface area contributed by atoms with Crippen LogP contribution in [0.3, 0.4) is 0 Å². The molecule has 0 saturated carbocycles. The molecule has 4 N–H and O–H groups in total. The molecule has 1 atom stereocenters. The Bertz CT molecular complexity index is 572. The van der Waals surface area contributed by atoms with Gasteiger partial charge in [0.05, 0.1) is 5.52 Å². The zero-order chi connectivity index (χ0) is 13.9. The van der Waals surface area contributed by atoms with E-state index in [-0.39, 0.29) is 18.1 Å². The minimum absolute atomic E-state index is 0.135. The number of nitrogen functional groups attached to an aromatic ring is 1. The fraction of sp³-hybridized carbons (Fsp3) is 0.429. The van der Waals surface area contributed by atoms with E-state index in [9.17, 15) is 5.11 Å². The number of fused-ring (bicyclic) bond motifs is 1. The molecule has 0 fully saturated rings. The summed E-state index contributed by atoms with van der Waals surface area (Å²) in [6.07, 6.45) is 1.54. The van der Waals surface area contributed by atoms with Gasteiger partial charge in [0, 0.05) is 17.5 Å². The molecule has 0 aliphatic rings. The number of benzene rings is 1. The lowest BCUT2D eigenvalue weighted by atomic mass is 9.94. The molecule has 1 aromatic carbocycles. The SMILES string of the molecule is CCC(C)(CCO)Nc1nc(N)nc2ccccc12. The summed E-state index contributed by atoms with van der Waals surface area (Å²) in [5.74, 6) is 0.976. The average molecular weight is 260 g/mol. The van der Waals surface area contributed by atoms with E-state index in [0.29, 0.717) is 6.42 Å². The normalized spacial score (nSPS) is 14.3. The molecule has 5 heteroatoms. The fourth-order valence-electron chi connectivity index (χ4n) is 2.05. The monoisotopic (exact) mass is 260 g/mol. The van der Waals surface area contributed by atoms with Crippen LogP contribution in [0.15, 0.2) is 24.3 Å². The Hall–Kier alpha value is -1.88. The van der Waals surface area contributed by atoms with Crippen molar-refractivity contribution in [3.63, 3.8) is 0 Å². The molecule has 0 spiro atoms. The summed E-state index contributed by atoms with van der Waals surface area (Å²) < 4.78 is 0. The summed E-state index contributed by atoms with van der Waals surface area (Å²) in [4.78, 5) is 8.51. The molecular weight excluding hydrogens is 240 g/mol. The van der Waals surface area contributed by atoms with E-state index in [1.54, 1.807) is 0 Å². The Kier molecular flexibility index (Phi) is 3.85. The van der Waals surface area contributed by atoms with Crippen LogP contribution >= 0.6 is 0 Å². The molecule has 0 aliphatic heterocycles. The minimum Gasteiger partial charge on any atom is -0.396 e. The first-order chi connectivity index (χ1) is 9.08. The minimum atomic E-state index is -0.210. The molecule has 102 valence electrons. The van der Waals surface area contributed by atoms with Crippen LogP contribution in [0.4, 0.5) is 11.8 Å². The quantitative estimate of drug-likeness (QED) is 0.767. The third-order valence-corrected chi connectivity index (χ3v) is 3.48. The molecule has 0 bridgehead atoms. The lowest BCUT2D eigenvalue weighted by molar-refractivity contribution is 0.252. The Balaban J connectivity index is 2.44. The van der Waals surface area contributed by atoms with Crippen LogP contribution in [0.5, 0.6) is 0 Å². The maximum absolute atomic E-state index is 9.18. The van der Waals surface area contributed by atoms with E-state index < -0.39 is 0 Å². The van der Waals surface area contributed by atoms with E-state index >= 15 is 0 Å². The fourth-order valence-corrected chi connectivity index (χ4v) is 2.05. The molecule has 19 heavy (non-hydrogen) atoms. The number of nitrogens with zero attached hydrogens (tertiary/aromatic N) is 2. The van der Waals surface area contributed by atoms with Crippen molar-refractivity contribution in [3.05, 3.63) is 24.3 Å². The maximum atomic E-state index is 9.18. The van der Waals surface area contributed by atoms with Crippen LogP contribution in [-0.4, -0.2) is 27.2 Å². The van der Waals surface area contributed by atoms with Crippen LogP contribution in [0.1, 0.15) is 26.7 Å². The standard InChI is InChI=1S/C14H20N4O/c1-3-14(2,8-9-19)18-12-10-6-4-5-7-11(10)16-13(15)17-12/h4-7,19H,3,8-9H2,1-2H3,(H3,15,16,17,18). The van der Waals surface area contributed by atoms with Gasteiger partial charge < -0.3 is 16.2 Å². The third-order valence-electron chi connectivity index (χ3n) is 3.48. The van der Waals surface area contributed by atoms with Crippen molar-refractivity contribution < 1.29 is 5.11 Å². The van der Waals surface area contributed by atoms with Gasteiger partial charge in [-0.2, -0.15) is 4.98 Å². The van der Waals surface area contributed by atoms with Crippen LogP contribution in [-0.2, 0) is 0 Å². The highest BCUT2D eigenvalue weighted by Crippen LogP contribution is 2.26. The second-order valence-electron chi connectivity index (χ2n) is 4.96.